The highest BCUT2D eigenvalue weighted by Crippen LogP contribution is 2.42. The van der Waals surface area contributed by atoms with E-state index in [2.05, 4.69) is 0 Å². The number of cyclic esters (lactones) is 1. The van der Waals surface area contributed by atoms with Crippen LogP contribution in [0.4, 0.5) is 10.1 Å². The summed E-state index contributed by atoms with van der Waals surface area (Å²) in [5.41, 5.74) is 5.39. The Kier molecular flexibility index (Phi) is 3.81. The number of halogens is 1. The Morgan fingerprint density at radius 1 is 1.28 bits per heavy atom. The van der Waals surface area contributed by atoms with Gasteiger partial charge in [0.15, 0.2) is 11.0 Å². The molecule has 164 valence electrons. The van der Waals surface area contributed by atoms with Gasteiger partial charge >= 0.3 is 5.97 Å². The van der Waals surface area contributed by atoms with E-state index < -0.39 is 28.4 Å². The summed E-state index contributed by atoms with van der Waals surface area (Å²) < 4.78 is 23.0. The van der Waals surface area contributed by atoms with Gasteiger partial charge in [-0.15, -0.1) is 11.8 Å². The highest BCUT2D eigenvalue weighted by Gasteiger charge is 2.45. The molecule has 3 aliphatic rings. The molecular weight excluding hydrogens is 437 g/mol. The van der Waals surface area contributed by atoms with Gasteiger partial charge in [0.05, 0.1) is 50.5 Å². The molecule has 0 saturated heterocycles. The molecule has 0 saturated carbocycles. The van der Waals surface area contributed by atoms with Gasteiger partial charge in [-0.2, -0.15) is 0 Å². The molecule has 0 aliphatic carbocycles. The summed E-state index contributed by atoms with van der Waals surface area (Å²) in [4.78, 5) is 39.8. The molecule has 0 fully saturated rings. The second kappa shape index (κ2) is 6.23. The van der Waals surface area contributed by atoms with Crippen LogP contribution < -0.4 is 16.7 Å². The van der Waals surface area contributed by atoms with Crippen molar-refractivity contribution < 1.29 is 19.0 Å². The van der Waals surface area contributed by atoms with Gasteiger partial charge in [-0.25, -0.2) is 9.18 Å². The number of carbonyl (C=O) groups excluding carboxylic acids is 1. The summed E-state index contributed by atoms with van der Waals surface area (Å²) in [6.45, 7) is 2.11. The predicted molar refractivity (Wildman–Crippen MR) is 116 cm³/mol. The number of benzene rings is 1. The van der Waals surface area contributed by atoms with Crippen LogP contribution in [0.1, 0.15) is 30.2 Å². The quantitative estimate of drug-likeness (QED) is 0.331. The van der Waals surface area contributed by atoms with Gasteiger partial charge in [0.2, 0.25) is 0 Å². The first-order valence-corrected chi connectivity index (χ1v) is 11.2. The van der Waals surface area contributed by atoms with E-state index >= 15 is 0 Å². The highest BCUT2D eigenvalue weighted by atomic mass is 32.2. The highest BCUT2D eigenvalue weighted by molar-refractivity contribution is 7.99. The number of aryl methyl sites for hydroxylation is 1. The van der Waals surface area contributed by atoms with Crippen molar-refractivity contribution in [3.05, 3.63) is 55.3 Å². The van der Waals surface area contributed by atoms with E-state index in [1.54, 1.807) is 13.0 Å². The van der Waals surface area contributed by atoms with Crippen LogP contribution >= 0.6 is 11.8 Å². The van der Waals surface area contributed by atoms with Crippen molar-refractivity contribution >= 4 is 34.3 Å². The third-order valence-electron chi connectivity index (χ3n) is 6.77. The first-order valence-electron chi connectivity index (χ1n) is 10.2. The smallest absolute Gasteiger partial charge is 0.343 e. The van der Waals surface area contributed by atoms with E-state index in [1.807, 2.05) is 4.57 Å². The number of esters is 1. The number of aliphatic hydroxyl groups is 1. The van der Waals surface area contributed by atoms with Crippen molar-refractivity contribution in [3.63, 3.8) is 0 Å². The van der Waals surface area contributed by atoms with Crippen molar-refractivity contribution in [1.29, 1.82) is 0 Å². The summed E-state index contributed by atoms with van der Waals surface area (Å²) in [5, 5.41) is 11.2. The molecule has 3 N–H and O–H groups in total. The van der Waals surface area contributed by atoms with E-state index in [4.69, 9.17) is 10.5 Å². The van der Waals surface area contributed by atoms with E-state index in [0.29, 0.717) is 34.1 Å². The van der Waals surface area contributed by atoms with Gasteiger partial charge in [0.1, 0.15) is 12.4 Å². The number of thioether (sulfide) groups is 1. The van der Waals surface area contributed by atoms with Crippen molar-refractivity contribution in [1.82, 2.24) is 9.13 Å². The third kappa shape index (κ3) is 2.18. The number of hydrogen-bond acceptors (Lipinski definition) is 7. The Hall–Kier alpha value is -3.11. The first-order chi connectivity index (χ1) is 15.3. The van der Waals surface area contributed by atoms with E-state index in [0.717, 1.165) is 6.07 Å². The van der Waals surface area contributed by atoms with Crippen LogP contribution in [0.5, 0.6) is 0 Å². The minimum absolute atomic E-state index is 0.0155. The van der Waals surface area contributed by atoms with Crippen molar-refractivity contribution in [3.8, 4) is 11.3 Å². The van der Waals surface area contributed by atoms with Crippen LogP contribution in [0.3, 0.4) is 0 Å². The molecular formula is C22H18FN3O5S. The number of pyridine rings is 2. The fourth-order valence-electron chi connectivity index (χ4n) is 5.08. The fraction of sp³-hybridized carbons (Fsp3) is 0.318. The number of nitrogens with zero attached hydrogens (tertiary/aromatic N) is 2. The second-order valence-electron chi connectivity index (χ2n) is 8.25. The lowest BCUT2D eigenvalue weighted by Gasteiger charge is -2.31. The maximum atomic E-state index is 14.5. The summed E-state index contributed by atoms with van der Waals surface area (Å²) in [6.07, 6.45) is 0.0155. The Morgan fingerprint density at radius 2 is 2.06 bits per heavy atom. The number of rotatable bonds is 1. The van der Waals surface area contributed by atoms with Crippen molar-refractivity contribution in [2.24, 2.45) is 0 Å². The average molecular weight is 455 g/mol. The van der Waals surface area contributed by atoms with Crippen molar-refractivity contribution in [2.45, 2.75) is 43.5 Å². The van der Waals surface area contributed by atoms with Gasteiger partial charge in [-0.1, -0.05) is 6.92 Å². The lowest BCUT2D eigenvalue weighted by atomic mass is 9.85. The van der Waals surface area contributed by atoms with Crippen LogP contribution in [0, 0.1) is 5.82 Å². The lowest BCUT2D eigenvalue weighted by Crippen LogP contribution is -2.44. The standard InChI is InChI=1S/C22H18FN3O5S/c1-2-22(30)11-6-13-15-14(7-26(13)20(28)10(11)8-31-21(22)29)25-3-4-32-19-16(24)12(23)5-9(17(19)25)18(15)27/h5-6,30H,2-4,7-8,24H2,1H3/t22-/m0/s1. The molecule has 3 aliphatic heterocycles. The third-order valence-corrected chi connectivity index (χ3v) is 7.86. The zero-order chi connectivity index (χ0) is 22.5. The number of nitrogens with two attached hydrogens (primary N) is 1. The van der Waals surface area contributed by atoms with Gasteiger partial charge in [-0.05, 0) is 18.6 Å². The number of aromatic nitrogens is 2. The lowest BCUT2D eigenvalue weighted by molar-refractivity contribution is -0.172. The van der Waals surface area contributed by atoms with E-state index in [1.165, 1.54) is 16.3 Å². The maximum Gasteiger partial charge on any atom is 0.343 e. The van der Waals surface area contributed by atoms with E-state index in [9.17, 15) is 23.9 Å². The molecule has 10 heteroatoms. The van der Waals surface area contributed by atoms with Gasteiger partial charge in [0.25, 0.3) is 5.56 Å². The normalized spacial score (nSPS) is 20.7. The SMILES string of the molecule is CC[C@@]1(O)C(=O)OCc2c1cc1n(c2=O)Cc2c-1c(=O)c1cc(F)c(N)c3c1n2CCS3. The molecule has 5 heterocycles. The average Bonchev–Trinajstić information content (AvgIpc) is 3.18. The zero-order valence-corrected chi connectivity index (χ0v) is 17.8. The minimum Gasteiger partial charge on any atom is -0.458 e. The second-order valence-corrected chi connectivity index (χ2v) is 9.36. The van der Waals surface area contributed by atoms with Gasteiger partial charge in [-0.3, -0.25) is 9.59 Å². The van der Waals surface area contributed by atoms with E-state index in [-0.39, 0.29) is 47.3 Å². The largest absolute Gasteiger partial charge is 0.458 e. The van der Waals surface area contributed by atoms with Gasteiger partial charge < -0.3 is 24.7 Å². The summed E-state index contributed by atoms with van der Waals surface area (Å²) in [6, 6.07) is 2.69. The van der Waals surface area contributed by atoms with Gasteiger partial charge in [0, 0.05) is 17.9 Å². The number of nitrogen functional groups attached to an aromatic ring is 1. The molecule has 0 radical (unpaired) electrons. The Morgan fingerprint density at radius 3 is 2.81 bits per heavy atom. The Balaban J connectivity index is 1.74. The van der Waals surface area contributed by atoms with Crippen LogP contribution in [0.2, 0.25) is 0 Å². The molecule has 2 aromatic heterocycles. The van der Waals surface area contributed by atoms with Crippen LogP contribution in [-0.2, 0) is 34.8 Å². The molecule has 0 bridgehead atoms. The summed E-state index contributed by atoms with van der Waals surface area (Å²) in [7, 11) is 0. The molecule has 1 aromatic carbocycles. The molecule has 32 heavy (non-hydrogen) atoms. The molecule has 8 nitrogen and oxygen atoms in total. The van der Waals surface area contributed by atoms with Crippen LogP contribution in [-0.4, -0.2) is 26.0 Å². The number of anilines is 1. The molecule has 0 amide bonds. The topological polar surface area (TPSA) is 117 Å². The molecule has 1 atom stereocenters. The monoisotopic (exact) mass is 455 g/mol. The minimum atomic E-state index is -1.96. The number of carbonyl (C=O) groups is 1. The predicted octanol–water partition coefficient (Wildman–Crippen LogP) is 1.67. The molecule has 3 aromatic rings. The van der Waals surface area contributed by atoms with Crippen molar-refractivity contribution in [2.75, 3.05) is 11.5 Å². The Bertz CT molecular complexity index is 1530. The fourth-order valence-corrected chi connectivity index (χ4v) is 6.17. The maximum absolute atomic E-state index is 14.5. The molecule has 6 rings (SSSR count). The number of hydrogen-bond donors (Lipinski definition) is 2. The molecule has 0 spiro atoms. The summed E-state index contributed by atoms with van der Waals surface area (Å²) in [5.74, 6) is -0.834. The van der Waals surface area contributed by atoms with Crippen LogP contribution in [0.15, 0.2) is 26.6 Å². The zero-order valence-electron chi connectivity index (χ0n) is 17.0. The first kappa shape index (κ1) is 19.6. The Labute approximate surface area is 184 Å². The number of ether oxygens (including phenoxy) is 1. The summed E-state index contributed by atoms with van der Waals surface area (Å²) >= 11 is 1.41. The number of fused-ring (bicyclic) bond motifs is 5. The molecule has 0 unspecified atom stereocenters. The van der Waals surface area contributed by atoms with Crippen LogP contribution in [0.25, 0.3) is 22.2 Å².